The highest BCUT2D eigenvalue weighted by atomic mass is 79.9. The molecule has 1 atom stereocenters. The molecular formula is C21H22BrNO2. The van der Waals surface area contributed by atoms with Gasteiger partial charge in [0.25, 0.3) is 0 Å². The molecule has 130 valence electrons. The number of hydrogen-bond acceptors (Lipinski definition) is 2. The van der Waals surface area contributed by atoms with Gasteiger partial charge in [0.2, 0.25) is 0 Å². The molecule has 4 heteroatoms. The summed E-state index contributed by atoms with van der Waals surface area (Å²) >= 11 is 3.69. The molecular weight excluding hydrogens is 378 g/mol. The first kappa shape index (κ1) is 16.6. The van der Waals surface area contributed by atoms with Crippen LogP contribution < -0.4 is 4.90 Å². The van der Waals surface area contributed by atoms with Crippen LogP contribution in [0.15, 0.2) is 46.9 Å². The minimum Gasteiger partial charge on any atom is -0.444 e. The van der Waals surface area contributed by atoms with Gasteiger partial charge in [-0.3, -0.25) is 4.90 Å². The Hall–Kier alpha value is -1.81. The molecule has 0 aromatic heterocycles. The van der Waals surface area contributed by atoms with Crippen molar-refractivity contribution in [3.05, 3.63) is 63.6 Å². The first-order valence-electron chi connectivity index (χ1n) is 8.92. The number of ether oxygens (including phenoxy) is 1. The summed E-state index contributed by atoms with van der Waals surface area (Å²) in [5, 5.41) is 0. The van der Waals surface area contributed by atoms with Crippen LogP contribution >= 0.6 is 15.9 Å². The molecule has 1 aliphatic heterocycles. The standard InChI is InChI=1S/C21H22BrNO2/c1-14-11-17-9-10-19(16-7-8-16)23(20(17)18(22)12-14)21(24)25-13-15-5-3-2-4-6-15/h2-6,11-12,16,19H,7-10,13H2,1H3. The molecule has 3 nitrogen and oxygen atoms in total. The van der Waals surface area contributed by atoms with Gasteiger partial charge in [0.05, 0.1) is 5.69 Å². The van der Waals surface area contributed by atoms with Crippen molar-refractivity contribution < 1.29 is 9.53 Å². The van der Waals surface area contributed by atoms with E-state index in [9.17, 15) is 4.79 Å². The maximum absolute atomic E-state index is 13.0. The zero-order valence-corrected chi connectivity index (χ0v) is 16.0. The van der Waals surface area contributed by atoms with E-state index in [1.807, 2.05) is 35.2 Å². The Labute approximate surface area is 157 Å². The average molecular weight is 400 g/mol. The number of halogens is 1. The maximum atomic E-state index is 13.0. The predicted octanol–water partition coefficient (Wildman–Crippen LogP) is 5.63. The third-order valence-corrected chi connectivity index (χ3v) is 5.74. The number of benzene rings is 2. The van der Waals surface area contributed by atoms with Crippen LogP contribution in [0.25, 0.3) is 0 Å². The molecule has 1 amide bonds. The Kier molecular flexibility index (Phi) is 4.55. The largest absolute Gasteiger partial charge is 0.444 e. The third-order valence-electron chi connectivity index (χ3n) is 5.14. The van der Waals surface area contributed by atoms with E-state index >= 15 is 0 Å². The maximum Gasteiger partial charge on any atom is 0.414 e. The minimum atomic E-state index is -0.230. The molecule has 2 aliphatic rings. The van der Waals surface area contributed by atoms with Gasteiger partial charge in [0, 0.05) is 10.5 Å². The number of carbonyl (C=O) groups excluding carboxylic acids is 1. The van der Waals surface area contributed by atoms with Gasteiger partial charge in [0.15, 0.2) is 0 Å². The third kappa shape index (κ3) is 3.45. The minimum absolute atomic E-state index is 0.230. The molecule has 0 radical (unpaired) electrons. The van der Waals surface area contributed by atoms with Crippen molar-refractivity contribution in [2.75, 3.05) is 4.90 Å². The van der Waals surface area contributed by atoms with Gasteiger partial charge < -0.3 is 4.74 Å². The first-order valence-corrected chi connectivity index (χ1v) is 9.71. The highest BCUT2D eigenvalue weighted by molar-refractivity contribution is 9.10. The fourth-order valence-electron chi connectivity index (χ4n) is 3.81. The first-order chi connectivity index (χ1) is 12.1. The fraction of sp³-hybridized carbons (Fsp3) is 0.381. The molecule has 25 heavy (non-hydrogen) atoms. The van der Waals surface area contributed by atoms with E-state index in [0.717, 1.165) is 28.6 Å². The highest BCUT2D eigenvalue weighted by Gasteiger charge is 2.42. The van der Waals surface area contributed by atoms with Crippen molar-refractivity contribution in [3.8, 4) is 0 Å². The number of aryl methyl sites for hydroxylation is 2. The van der Waals surface area contributed by atoms with Crippen molar-refractivity contribution in [2.24, 2.45) is 5.92 Å². The number of fused-ring (bicyclic) bond motifs is 1. The predicted molar refractivity (Wildman–Crippen MR) is 103 cm³/mol. The highest BCUT2D eigenvalue weighted by Crippen LogP contribution is 2.45. The molecule has 0 spiro atoms. The van der Waals surface area contributed by atoms with Crippen molar-refractivity contribution in [3.63, 3.8) is 0 Å². The Morgan fingerprint density at radius 3 is 2.68 bits per heavy atom. The Balaban J connectivity index is 1.62. The smallest absolute Gasteiger partial charge is 0.414 e. The quantitative estimate of drug-likeness (QED) is 0.669. The number of anilines is 1. The average Bonchev–Trinajstić information content (AvgIpc) is 3.44. The van der Waals surface area contributed by atoms with Crippen molar-refractivity contribution >= 4 is 27.7 Å². The van der Waals surface area contributed by atoms with Crippen molar-refractivity contribution in [1.82, 2.24) is 0 Å². The van der Waals surface area contributed by atoms with E-state index in [1.54, 1.807) is 0 Å². The summed E-state index contributed by atoms with van der Waals surface area (Å²) in [6.07, 6.45) is 4.25. The molecule has 1 heterocycles. The van der Waals surface area contributed by atoms with Crippen LogP contribution in [0.4, 0.5) is 10.5 Å². The molecule has 4 rings (SSSR count). The summed E-state index contributed by atoms with van der Waals surface area (Å²) in [6, 6.07) is 14.4. The molecule has 2 aromatic carbocycles. The monoisotopic (exact) mass is 399 g/mol. The summed E-state index contributed by atoms with van der Waals surface area (Å²) in [6.45, 7) is 2.41. The van der Waals surface area contributed by atoms with E-state index < -0.39 is 0 Å². The lowest BCUT2D eigenvalue weighted by atomic mass is 9.92. The summed E-state index contributed by atoms with van der Waals surface area (Å²) in [4.78, 5) is 14.9. The molecule has 1 saturated carbocycles. The Morgan fingerprint density at radius 1 is 1.20 bits per heavy atom. The van der Waals surface area contributed by atoms with Gasteiger partial charge in [0.1, 0.15) is 6.61 Å². The fourth-order valence-corrected chi connectivity index (χ4v) is 4.61. The topological polar surface area (TPSA) is 29.5 Å². The number of hydrogen-bond donors (Lipinski definition) is 0. The van der Waals surface area contributed by atoms with Crippen LogP contribution in [0.2, 0.25) is 0 Å². The molecule has 2 aromatic rings. The normalized spacial score (nSPS) is 19.4. The van der Waals surface area contributed by atoms with E-state index in [1.165, 1.54) is 24.0 Å². The second-order valence-electron chi connectivity index (χ2n) is 7.11. The second-order valence-corrected chi connectivity index (χ2v) is 7.96. The van der Waals surface area contributed by atoms with Crippen LogP contribution in [0.5, 0.6) is 0 Å². The summed E-state index contributed by atoms with van der Waals surface area (Å²) in [7, 11) is 0. The molecule has 1 aliphatic carbocycles. The van der Waals surface area contributed by atoms with E-state index in [2.05, 4.69) is 35.0 Å². The SMILES string of the molecule is Cc1cc(Br)c2c(c1)CCC(C1CC1)N2C(=O)OCc1ccccc1. The number of amides is 1. The lowest BCUT2D eigenvalue weighted by Gasteiger charge is -2.37. The van der Waals surface area contributed by atoms with Crippen LogP contribution in [-0.4, -0.2) is 12.1 Å². The summed E-state index contributed by atoms with van der Waals surface area (Å²) < 4.78 is 6.67. The lowest BCUT2D eigenvalue weighted by Crippen LogP contribution is -2.45. The number of rotatable bonds is 3. The summed E-state index contributed by atoms with van der Waals surface area (Å²) in [5.74, 6) is 0.616. The van der Waals surface area contributed by atoms with Gasteiger partial charge in [-0.15, -0.1) is 0 Å². The van der Waals surface area contributed by atoms with E-state index in [-0.39, 0.29) is 12.1 Å². The zero-order chi connectivity index (χ0) is 17.4. The van der Waals surface area contributed by atoms with Gasteiger partial charge in [-0.05, 0) is 77.2 Å². The Bertz CT molecular complexity index is 786. The van der Waals surface area contributed by atoms with Crippen molar-refractivity contribution in [1.29, 1.82) is 0 Å². The van der Waals surface area contributed by atoms with Crippen LogP contribution in [0.1, 0.15) is 36.0 Å². The van der Waals surface area contributed by atoms with Crippen molar-refractivity contribution in [2.45, 2.75) is 45.3 Å². The van der Waals surface area contributed by atoms with Crippen LogP contribution in [0, 0.1) is 12.8 Å². The molecule has 0 bridgehead atoms. The molecule has 1 fully saturated rings. The van der Waals surface area contributed by atoms with Gasteiger partial charge in [-0.1, -0.05) is 36.4 Å². The Morgan fingerprint density at radius 2 is 1.96 bits per heavy atom. The zero-order valence-electron chi connectivity index (χ0n) is 14.4. The van der Waals surface area contributed by atoms with Gasteiger partial charge >= 0.3 is 6.09 Å². The summed E-state index contributed by atoms with van der Waals surface area (Å²) in [5.41, 5.74) is 4.47. The number of nitrogens with zero attached hydrogens (tertiary/aromatic N) is 1. The van der Waals surface area contributed by atoms with Crippen LogP contribution in [0.3, 0.4) is 0 Å². The van der Waals surface area contributed by atoms with Gasteiger partial charge in [-0.2, -0.15) is 0 Å². The lowest BCUT2D eigenvalue weighted by molar-refractivity contribution is 0.142. The van der Waals surface area contributed by atoms with Gasteiger partial charge in [-0.25, -0.2) is 4.79 Å². The molecule has 1 unspecified atom stereocenters. The molecule has 0 N–H and O–H groups in total. The second kappa shape index (κ2) is 6.83. The van der Waals surface area contributed by atoms with E-state index in [4.69, 9.17) is 4.74 Å². The van der Waals surface area contributed by atoms with Crippen LogP contribution in [-0.2, 0) is 17.8 Å². The number of carbonyl (C=O) groups is 1. The van der Waals surface area contributed by atoms with E-state index in [0.29, 0.717) is 12.5 Å². The molecule has 0 saturated heterocycles.